The van der Waals surface area contributed by atoms with E-state index in [0.29, 0.717) is 5.33 Å². The summed E-state index contributed by atoms with van der Waals surface area (Å²) < 4.78 is 0. The van der Waals surface area contributed by atoms with Gasteiger partial charge in [-0.25, -0.2) is 0 Å². The summed E-state index contributed by atoms with van der Waals surface area (Å²) in [5.41, 5.74) is 10.1. The van der Waals surface area contributed by atoms with Crippen molar-refractivity contribution in [1.82, 2.24) is 0 Å². The number of hydrogen-bond acceptors (Lipinski definition) is 1. The molecule has 0 radical (unpaired) electrons. The van der Waals surface area contributed by atoms with E-state index in [0.717, 1.165) is 23.7 Å². The van der Waals surface area contributed by atoms with Gasteiger partial charge in [0.15, 0.2) is 5.78 Å². The molecule has 0 unspecified atom stereocenters. The van der Waals surface area contributed by atoms with E-state index in [1.165, 1.54) is 38.9 Å². The molecular formula is C23H18Br2O. The standard InChI is InChI=1S/C23H18Br2O/c24-12-11-17-9-10-20-19-4-2-1-3-18(19)13-21(20)23(17)16-7-5-15(6-8-16)22(26)14-25/h1-10H,11-14H2. The summed E-state index contributed by atoms with van der Waals surface area (Å²) in [5, 5.41) is 1.29. The monoisotopic (exact) mass is 468 g/mol. The third-order valence-electron chi connectivity index (χ3n) is 5.05. The van der Waals surface area contributed by atoms with Crippen LogP contribution in [0, 0.1) is 0 Å². The van der Waals surface area contributed by atoms with Crippen LogP contribution in [0.5, 0.6) is 0 Å². The first-order chi connectivity index (χ1) is 12.7. The first kappa shape index (κ1) is 17.7. The number of alkyl halides is 2. The Labute approximate surface area is 170 Å². The summed E-state index contributed by atoms with van der Waals surface area (Å²) in [6.45, 7) is 0. The Hall–Kier alpha value is -1.71. The molecule has 0 bridgehead atoms. The number of carbonyl (C=O) groups excluding carboxylic acids is 1. The lowest BCUT2D eigenvalue weighted by Crippen LogP contribution is -2.00. The minimum Gasteiger partial charge on any atom is -0.293 e. The molecule has 1 aliphatic carbocycles. The van der Waals surface area contributed by atoms with Crippen molar-refractivity contribution in [3.63, 3.8) is 0 Å². The van der Waals surface area contributed by atoms with Crippen LogP contribution in [0.15, 0.2) is 60.7 Å². The number of hydrogen-bond donors (Lipinski definition) is 0. The van der Waals surface area contributed by atoms with Crippen LogP contribution in [-0.2, 0) is 12.8 Å². The first-order valence-electron chi connectivity index (χ1n) is 8.71. The summed E-state index contributed by atoms with van der Waals surface area (Å²) in [4.78, 5) is 11.9. The van der Waals surface area contributed by atoms with Gasteiger partial charge in [-0.3, -0.25) is 4.79 Å². The van der Waals surface area contributed by atoms with E-state index < -0.39 is 0 Å². The lowest BCUT2D eigenvalue weighted by atomic mass is 9.89. The van der Waals surface area contributed by atoms with Gasteiger partial charge in [0, 0.05) is 10.9 Å². The molecule has 1 aliphatic rings. The molecule has 0 saturated heterocycles. The molecule has 26 heavy (non-hydrogen) atoms. The number of Topliss-reactive ketones (excluding diaryl/α,β-unsaturated/α-hetero) is 1. The molecule has 0 spiro atoms. The van der Waals surface area contributed by atoms with Crippen molar-refractivity contribution in [2.75, 3.05) is 10.7 Å². The quantitative estimate of drug-likeness (QED) is 0.243. The van der Waals surface area contributed by atoms with Gasteiger partial charge in [0.2, 0.25) is 0 Å². The third kappa shape index (κ3) is 3.08. The molecule has 0 aliphatic heterocycles. The fraction of sp³-hybridized carbons (Fsp3) is 0.174. The zero-order valence-corrected chi connectivity index (χ0v) is 17.4. The maximum absolute atomic E-state index is 11.9. The summed E-state index contributed by atoms with van der Waals surface area (Å²) in [6, 6.07) is 21.3. The molecule has 1 nitrogen and oxygen atoms in total. The van der Waals surface area contributed by atoms with E-state index in [-0.39, 0.29) is 5.78 Å². The van der Waals surface area contributed by atoms with Gasteiger partial charge in [0.25, 0.3) is 0 Å². The second-order valence-electron chi connectivity index (χ2n) is 6.53. The van der Waals surface area contributed by atoms with Crippen LogP contribution in [0.2, 0.25) is 0 Å². The van der Waals surface area contributed by atoms with E-state index in [9.17, 15) is 4.79 Å². The Morgan fingerprint density at radius 1 is 0.885 bits per heavy atom. The van der Waals surface area contributed by atoms with Crippen LogP contribution in [-0.4, -0.2) is 16.4 Å². The molecular weight excluding hydrogens is 452 g/mol. The SMILES string of the molecule is O=C(CBr)c1ccc(-c2c(CCBr)ccc3c2Cc2ccccc2-3)cc1. The maximum Gasteiger partial charge on any atom is 0.173 e. The van der Waals surface area contributed by atoms with Crippen LogP contribution < -0.4 is 0 Å². The van der Waals surface area contributed by atoms with E-state index in [4.69, 9.17) is 0 Å². The highest BCUT2D eigenvalue weighted by Crippen LogP contribution is 2.43. The van der Waals surface area contributed by atoms with Crippen LogP contribution >= 0.6 is 31.9 Å². The van der Waals surface area contributed by atoms with Gasteiger partial charge >= 0.3 is 0 Å². The molecule has 0 N–H and O–H groups in total. The Bertz CT molecular complexity index is 974. The van der Waals surface area contributed by atoms with Crippen molar-refractivity contribution in [3.8, 4) is 22.3 Å². The summed E-state index contributed by atoms with van der Waals surface area (Å²) in [6.07, 6.45) is 1.96. The predicted octanol–water partition coefficient (Wildman–Crippen LogP) is 6.44. The summed E-state index contributed by atoms with van der Waals surface area (Å²) >= 11 is 6.84. The highest BCUT2D eigenvalue weighted by Gasteiger charge is 2.23. The van der Waals surface area contributed by atoms with Crippen LogP contribution in [0.3, 0.4) is 0 Å². The van der Waals surface area contributed by atoms with Gasteiger partial charge < -0.3 is 0 Å². The summed E-state index contributed by atoms with van der Waals surface area (Å²) in [5.74, 6) is 0.114. The van der Waals surface area contributed by atoms with Gasteiger partial charge in [-0.2, -0.15) is 0 Å². The number of aryl methyl sites for hydroxylation is 1. The molecule has 0 heterocycles. The fourth-order valence-corrected chi connectivity index (χ4v) is 4.58. The average molecular weight is 470 g/mol. The smallest absolute Gasteiger partial charge is 0.173 e. The molecule has 3 aromatic rings. The number of ketones is 1. The van der Waals surface area contributed by atoms with Crippen molar-refractivity contribution < 1.29 is 4.79 Å². The molecule has 0 amide bonds. The minimum atomic E-state index is 0.114. The predicted molar refractivity (Wildman–Crippen MR) is 116 cm³/mol. The average Bonchev–Trinajstić information content (AvgIpc) is 3.06. The molecule has 0 fully saturated rings. The van der Waals surface area contributed by atoms with E-state index in [1.807, 2.05) is 12.1 Å². The van der Waals surface area contributed by atoms with Gasteiger partial charge in [-0.05, 0) is 51.8 Å². The Kier molecular flexibility index (Phi) is 5.10. The van der Waals surface area contributed by atoms with E-state index in [1.54, 1.807) is 0 Å². The highest BCUT2D eigenvalue weighted by molar-refractivity contribution is 9.09. The van der Waals surface area contributed by atoms with Gasteiger partial charge in [0.1, 0.15) is 0 Å². The minimum absolute atomic E-state index is 0.114. The maximum atomic E-state index is 11.9. The van der Waals surface area contributed by atoms with Gasteiger partial charge in [0.05, 0.1) is 5.33 Å². The van der Waals surface area contributed by atoms with Crippen molar-refractivity contribution in [3.05, 3.63) is 82.9 Å². The largest absolute Gasteiger partial charge is 0.293 e. The number of halogens is 2. The normalized spacial score (nSPS) is 11.9. The number of rotatable bonds is 5. The van der Waals surface area contributed by atoms with Crippen LogP contribution in [0.25, 0.3) is 22.3 Å². The molecule has 130 valence electrons. The lowest BCUT2D eigenvalue weighted by molar-refractivity contribution is 0.102. The molecule has 0 aromatic heterocycles. The first-order valence-corrected chi connectivity index (χ1v) is 11.0. The zero-order valence-electron chi connectivity index (χ0n) is 14.3. The Morgan fingerprint density at radius 2 is 1.65 bits per heavy atom. The molecule has 4 rings (SSSR count). The molecule has 0 atom stereocenters. The Morgan fingerprint density at radius 3 is 2.38 bits per heavy atom. The van der Waals surface area contributed by atoms with Gasteiger partial charge in [-0.15, -0.1) is 0 Å². The van der Waals surface area contributed by atoms with Crippen molar-refractivity contribution in [2.24, 2.45) is 0 Å². The number of carbonyl (C=O) groups is 1. The summed E-state index contributed by atoms with van der Waals surface area (Å²) in [7, 11) is 0. The lowest BCUT2D eigenvalue weighted by Gasteiger charge is -2.15. The van der Waals surface area contributed by atoms with Crippen LogP contribution in [0.4, 0.5) is 0 Å². The Balaban J connectivity index is 1.86. The van der Waals surface area contributed by atoms with E-state index >= 15 is 0 Å². The zero-order chi connectivity index (χ0) is 18.1. The van der Waals surface area contributed by atoms with Crippen molar-refractivity contribution in [2.45, 2.75) is 12.8 Å². The van der Waals surface area contributed by atoms with E-state index in [2.05, 4.69) is 80.4 Å². The third-order valence-corrected chi connectivity index (χ3v) is 5.96. The second kappa shape index (κ2) is 7.50. The molecule has 0 saturated carbocycles. The number of fused-ring (bicyclic) bond motifs is 3. The number of benzene rings is 3. The highest BCUT2D eigenvalue weighted by atomic mass is 79.9. The molecule has 3 aromatic carbocycles. The van der Waals surface area contributed by atoms with Crippen LogP contribution in [0.1, 0.15) is 27.0 Å². The topological polar surface area (TPSA) is 17.1 Å². The van der Waals surface area contributed by atoms with Crippen molar-refractivity contribution in [1.29, 1.82) is 0 Å². The fourth-order valence-electron chi connectivity index (χ4n) is 3.83. The van der Waals surface area contributed by atoms with Crippen molar-refractivity contribution >= 4 is 37.6 Å². The van der Waals surface area contributed by atoms with Gasteiger partial charge in [-0.1, -0.05) is 92.5 Å². The second-order valence-corrected chi connectivity index (χ2v) is 7.89. The molecule has 3 heteroatoms.